The summed E-state index contributed by atoms with van der Waals surface area (Å²) >= 11 is 0. The molecule has 2 aromatic carbocycles. The van der Waals surface area contributed by atoms with Crippen molar-refractivity contribution in [1.29, 1.82) is 0 Å². The Morgan fingerprint density at radius 2 is 2.09 bits per heavy atom. The summed E-state index contributed by atoms with van der Waals surface area (Å²) in [5.41, 5.74) is 2.98. The number of carbonyl (C=O) groups is 1. The van der Waals surface area contributed by atoms with Crippen LogP contribution in [0.15, 0.2) is 61.1 Å². The van der Waals surface area contributed by atoms with Crippen molar-refractivity contribution in [3.63, 3.8) is 0 Å². The van der Waals surface area contributed by atoms with Gasteiger partial charge in [-0.1, -0.05) is 18.2 Å². The standard InChI is InChI=1S/C25H25N7O3/c1-32-22(30-31-24(32)20-9-11-26-15-28-20)14-27-17-6-3-5-16(13-17)25(33)29-19-10-12-35-23-18(19)7-4-8-21(23)34-2/h3-9,11,13,15,19,27H,10,12,14H2,1-2H3,(H,29,33)/t19-/m1/s1. The summed E-state index contributed by atoms with van der Waals surface area (Å²) in [5.74, 6) is 2.59. The molecule has 10 nitrogen and oxygen atoms in total. The monoisotopic (exact) mass is 471 g/mol. The second-order valence-corrected chi connectivity index (χ2v) is 8.07. The van der Waals surface area contributed by atoms with Gasteiger partial charge in [-0.15, -0.1) is 10.2 Å². The average Bonchev–Trinajstić information content (AvgIpc) is 3.28. The van der Waals surface area contributed by atoms with E-state index in [1.54, 1.807) is 25.4 Å². The number of benzene rings is 2. The topological polar surface area (TPSA) is 116 Å². The van der Waals surface area contributed by atoms with Crippen LogP contribution < -0.4 is 20.1 Å². The summed E-state index contributed by atoms with van der Waals surface area (Å²) in [5, 5.41) is 15.0. The van der Waals surface area contributed by atoms with E-state index in [1.807, 2.05) is 48.0 Å². The van der Waals surface area contributed by atoms with E-state index in [4.69, 9.17) is 9.47 Å². The van der Waals surface area contributed by atoms with Crippen LogP contribution in [0.1, 0.15) is 34.2 Å². The van der Waals surface area contributed by atoms with Crippen molar-refractivity contribution < 1.29 is 14.3 Å². The zero-order chi connectivity index (χ0) is 24.2. The molecule has 2 aromatic heterocycles. The number of hydrogen-bond donors (Lipinski definition) is 2. The summed E-state index contributed by atoms with van der Waals surface area (Å²) in [6, 6.07) is 14.7. The third-order valence-corrected chi connectivity index (χ3v) is 5.91. The van der Waals surface area contributed by atoms with E-state index in [9.17, 15) is 4.79 Å². The van der Waals surface area contributed by atoms with Crippen LogP contribution in [0.25, 0.3) is 11.5 Å². The van der Waals surface area contributed by atoms with E-state index >= 15 is 0 Å². The molecule has 3 heterocycles. The Bertz CT molecular complexity index is 1340. The number of rotatable bonds is 7. The lowest BCUT2D eigenvalue weighted by Crippen LogP contribution is -2.32. The summed E-state index contributed by atoms with van der Waals surface area (Å²) in [6.07, 6.45) is 3.83. The van der Waals surface area contributed by atoms with E-state index in [-0.39, 0.29) is 11.9 Å². The Hall–Kier alpha value is -4.47. The van der Waals surface area contributed by atoms with Gasteiger partial charge in [0.1, 0.15) is 12.0 Å². The van der Waals surface area contributed by atoms with E-state index < -0.39 is 0 Å². The van der Waals surface area contributed by atoms with Crippen molar-refractivity contribution >= 4 is 11.6 Å². The summed E-state index contributed by atoms with van der Waals surface area (Å²) in [4.78, 5) is 21.2. The minimum absolute atomic E-state index is 0.154. The predicted molar refractivity (Wildman–Crippen MR) is 129 cm³/mol. The molecule has 1 aliphatic heterocycles. The summed E-state index contributed by atoms with van der Waals surface area (Å²) in [7, 11) is 3.50. The van der Waals surface area contributed by atoms with Crippen LogP contribution in [0.2, 0.25) is 0 Å². The molecule has 1 aliphatic rings. The van der Waals surface area contributed by atoms with E-state index in [0.717, 1.165) is 17.1 Å². The Morgan fingerprint density at radius 1 is 1.20 bits per heavy atom. The van der Waals surface area contributed by atoms with Crippen LogP contribution in [0.4, 0.5) is 5.69 Å². The molecule has 2 N–H and O–H groups in total. The summed E-state index contributed by atoms with van der Waals surface area (Å²) < 4.78 is 13.1. The maximum Gasteiger partial charge on any atom is 0.251 e. The normalized spacial score (nSPS) is 14.5. The highest BCUT2D eigenvalue weighted by molar-refractivity contribution is 5.95. The lowest BCUT2D eigenvalue weighted by Gasteiger charge is -2.27. The van der Waals surface area contributed by atoms with Crippen LogP contribution >= 0.6 is 0 Å². The number of para-hydroxylation sites is 1. The number of hydrogen-bond acceptors (Lipinski definition) is 8. The summed E-state index contributed by atoms with van der Waals surface area (Å²) in [6.45, 7) is 0.946. The first-order valence-corrected chi connectivity index (χ1v) is 11.2. The Balaban J connectivity index is 1.27. The third kappa shape index (κ3) is 4.63. The SMILES string of the molecule is COc1cccc2c1OCC[C@H]2NC(=O)c1cccc(NCc2nnc(-c3ccncn3)n2C)c1. The molecule has 1 amide bonds. The highest BCUT2D eigenvalue weighted by atomic mass is 16.5. The molecule has 0 bridgehead atoms. The van der Waals surface area contributed by atoms with Gasteiger partial charge in [-0.05, 0) is 30.3 Å². The van der Waals surface area contributed by atoms with Crippen LogP contribution in [0.3, 0.4) is 0 Å². The van der Waals surface area contributed by atoms with Crippen LogP contribution in [-0.4, -0.2) is 44.4 Å². The molecule has 0 spiro atoms. The number of methoxy groups -OCH3 is 1. The Labute approximate surface area is 202 Å². The number of anilines is 1. The van der Waals surface area contributed by atoms with Gasteiger partial charge in [0.2, 0.25) is 0 Å². The molecule has 0 aliphatic carbocycles. The van der Waals surface area contributed by atoms with Crippen molar-refractivity contribution in [2.75, 3.05) is 19.0 Å². The molecule has 0 fully saturated rings. The molecule has 5 rings (SSSR count). The zero-order valence-corrected chi connectivity index (χ0v) is 19.4. The molecule has 0 saturated heterocycles. The number of carbonyl (C=O) groups excluding carboxylic acids is 1. The second kappa shape index (κ2) is 9.80. The molecule has 35 heavy (non-hydrogen) atoms. The number of aromatic nitrogens is 5. The molecule has 178 valence electrons. The van der Waals surface area contributed by atoms with Crippen molar-refractivity contribution in [2.24, 2.45) is 7.05 Å². The highest BCUT2D eigenvalue weighted by Gasteiger charge is 2.26. The first-order chi connectivity index (χ1) is 17.1. The fourth-order valence-electron chi connectivity index (χ4n) is 4.06. The van der Waals surface area contributed by atoms with Crippen LogP contribution in [0, 0.1) is 0 Å². The largest absolute Gasteiger partial charge is 0.493 e. The van der Waals surface area contributed by atoms with Crippen molar-refractivity contribution in [2.45, 2.75) is 19.0 Å². The van der Waals surface area contributed by atoms with Gasteiger partial charge in [0.15, 0.2) is 23.1 Å². The van der Waals surface area contributed by atoms with Crippen molar-refractivity contribution in [3.8, 4) is 23.0 Å². The molecule has 4 aromatic rings. The molecule has 10 heteroatoms. The first-order valence-electron chi connectivity index (χ1n) is 11.2. The zero-order valence-electron chi connectivity index (χ0n) is 19.4. The van der Waals surface area contributed by atoms with E-state index in [1.165, 1.54) is 6.33 Å². The minimum Gasteiger partial charge on any atom is -0.493 e. The fourth-order valence-corrected chi connectivity index (χ4v) is 4.06. The van der Waals surface area contributed by atoms with Gasteiger partial charge in [-0.3, -0.25) is 4.79 Å². The second-order valence-electron chi connectivity index (χ2n) is 8.07. The van der Waals surface area contributed by atoms with Gasteiger partial charge in [-0.25, -0.2) is 9.97 Å². The van der Waals surface area contributed by atoms with Gasteiger partial charge >= 0.3 is 0 Å². The average molecular weight is 472 g/mol. The van der Waals surface area contributed by atoms with Crippen molar-refractivity contribution in [1.82, 2.24) is 30.0 Å². The Kier molecular flexibility index (Phi) is 6.25. The smallest absolute Gasteiger partial charge is 0.251 e. The van der Waals surface area contributed by atoms with Gasteiger partial charge < -0.3 is 24.7 Å². The minimum atomic E-state index is -0.156. The van der Waals surface area contributed by atoms with Crippen LogP contribution in [0.5, 0.6) is 11.5 Å². The molecule has 0 saturated carbocycles. The maximum atomic E-state index is 13.1. The lowest BCUT2D eigenvalue weighted by atomic mass is 9.99. The molecular formula is C25H25N7O3. The van der Waals surface area contributed by atoms with Crippen molar-refractivity contribution in [3.05, 3.63) is 78.0 Å². The number of nitrogens with zero attached hydrogens (tertiary/aromatic N) is 5. The lowest BCUT2D eigenvalue weighted by molar-refractivity contribution is 0.0924. The number of nitrogens with one attached hydrogen (secondary N) is 2. The quantitative estimate of drug-likeness (QED) is 0.422. The first kappa shape index (κ1) is 22.3. The van der Waals surface area contributed by atoms with E-state index in [0.29, 0.717) is 48.2 Å². The maximum absolute atomic E-state index is 13.1. The number of amides is 1. The number of fused-ring (bicyclic) bond motifs is 1. The van der Waals surface area contributed by atoms with Gasteiger partial charge in [-0.2, -0.15) is 0 Å². The molecule has 0 radical (unpaired) electrons. The Morgan fingerprint density at radius 3 is 2.91 bits per heavy atom. The fraction of sp³-hybridized carbons (Fsp3) is 0.240. The molecule has 1 atom stereocenters. The van der Waals surface area contributed by atoms with Gasteiger partial charge in [0, 0.05) is 36.5 Å². The molecule has 0 unspecified atom stereocenters. The predicted octanol–water partition coefficient (Wildman–Crippen LogP) is 3.15. The number of ether oxygens (including phenoxy) is 2. The van der Waals surface area contributed by atoms with Gasteiger partial charge in [0.25, 0.3) is 5.91 Å². The van der Waals surface area contributed by atoms with Gasteiger partial charge in [0.05, 0.1) is 26.3 Å². The molecular weight excluding hydrogens is 446 g/mol. The van der Waals surface area contributed by atoms with Crippen LogP contribution in [-0.2, 0) is 13.6 Å². The van der Waals surface area contributed by atoms with E-state index in [2.05, 4.69) is 30.8 Å². The third-order valence-electron chi connectivity index (χ3n) is 5.91. The highest BCUT2D eigenvalue weighted by Crippen LogP contribution is 2.39.